The van der Waals surface area contributed by atoms with Crippen molar-refractivity contribution in [1.29, 1.82) is 0 Å². The number of nitrogens with two attached hydrogens (primary N) is 1. The molecule has 0 fully saturated rings. The Balaban J connectivity index is 2.37. The summed E-state index contributed by atoms with van der Waals surface area (Å²) in [4.78, 5) is 10.1. The van der Waals surface area contributed by atoms with Gasteiger partial charge in [-0.2, -0.15) is 0 Å². The molecule has 2 aromatic rings. The van der Waals surface area contributed by atoms with E-state index in [1.165, 1.54) is 42.5 Å². The Labute approximate surface area is 126 Å². The zero-order valence-electron chi connectivity index (χ0n) is 10.7. The van der Waals surface area contributed by atoms with Gasteiger partial charge in [0.15, 0.2) is 9.84 Å². The molecule has 0 saturated carbocycles. The minimum Gasteiger partial charge on any atom is -0.398 e. The van der Waals surface area contributed by atoms with Gasteiger partial charge in [-0.25, -0.2) is 8.42 Å². The third-order valence-electron chi connectivity index (χ3n) is 2.78. The van der Waals surface area contributed by atoms with Gasteiger partial charge in [0.2, 0.25) is 0 Å². The summed E-state index contributed by atoms with van der Waals surface area (Å²) in [5.41, 5.74) is 5.87. The number of halogens is 1. The summed E-state index contributed by atoms with van der Waals surface area (Å²) >= 11 is 5.73. The first-order chi connectivity index (χ1) is 9.79. The zero-order valence-corrected chi connectivity index (χ0v) is 12.3. The van der Waals surface area contributed by atoms with E-state index in [4.69, 9.17) is 17.3 Å². The molecule has 0 aromatic heterocycles. The number of nitro groups is 1. The maximum Gasteiger partial charge on any atom is 0.269 e. The molecule has 0 saturated heterocycles. The third kappa shape index (κ3) is 3.50. The summed E-state index contributed by atoms with van der Waals surface area (Å²) in [6.07, 6.45) is 0. The van der Waals surface area contributed by atoms with Gasteiger partial charge in [0.05, 0.1) is 21.3 Å². The van der Waals surface area contributed by atoms with Crippen molar-refractivity contribution in [2.45, 2.75) is 10.6 Å². The van der Waals surface area contributed by atoms with Crippen molar-refractivity contribution in [3.63, 3.8) is 0 Å². The number of anilines is 1. The van der Waals surface area contributed by atoms with Gasteiger partial charge in [-0.1, -0.05) is 23.7 Å². The van der Waals surface area contributed by atoms with Crippen molar-refractivity contribution in [2.75, 3.05) is 5.73 Å². The second-order valence-corrected chi connectivity index (χ2v) is 6.76. The predicted molar refractivity (Wildman–Crippen MR) is 79.9 cm³/mol. The first kappa shape index (κ1) is 15.3. The van der Waals surface area contributed by atoms with Crippen molar-refractivity contribution in [2.24, 2.45) is 0 Å². The average molecular weight is 327 g/mol. The van der Waals surface area contributed by atoms with Crippen LogP contribution in [0, 0.1) is 10.1 Å². The molecule has 2 N–H and O–H groups in total. The van der Waals surface area contributed by atoms with Gasteiger partial charge in [0, 0.05) is 17.2 Å². The molecule has 0 aliphatic heterocycles. The minimum atomic E-state index is -3.71. The largest absolute Gasteiger partial charge is 0.398 e. The first-order valence-electron chi connectivity index (χ1n) is 5.81. The standard InChI is InChI=1S/C13H11ClN2O4S/c14-10-4-5-13(12(15)7-10)21(19,20)8-9-2-1-3-11(6-9)16(17)18/h1-7H,8,15H2. The van der Waals surface area contributed by atoms with E-state index in [0.29, 0.717) is 10.6 Å². The lowest BCUT2D eigenvalue weighted by molar-refractivity contribution is -0.384. The summed E-state index contributed by atoms with van der Waals surface area (Å²) in [5.74, 6) is -0.374. The number of non-ortho nitro benzene ring substituents is 1. The van der Waals surface area contributed by atoms with E-state index in [1.807, 2.05) is 0 Å². The molecule has 0 heterocycles. The minimum absolute atomic E-state index is 0.0431. The van der Waals surface area contributed by atoms with Crippen LogP contribution in [-0.4, -0.2) is 13.3 Å². The molecular weight excluding hydrogens is 316 g/mol. The van der Waals surface area contributed by atoms with Crippen LogP contribution in [0.15, 0.2) is 47.4 Å². The lowest BCUT2D eigenvalue weighted by Crippen LogP contribution is -2.08. The molecule has 0 atom stereocenters. The van der Waals surface area contributed by atoms with Gasteiger partial charge >= 0.3 is 0 Å². The maximum absolute atomic E-state index is 12.3. The van der Waals surface area contributed by atoms with Gasteiger partial charge < -0.3 is 5.73 Å². The Morgan fingerprint density at radius 1 is 1.19 bits per heavy atom. The van der Waals surface area contributed by atoms with E-state index in [9.17, 15) is 18.5 Å². The van der Waals surface area contributed by atoms with Crippen molar-refractivity contribution >= 4 is 32.8 Å². The summed E-state index contributed by atoms with van der Waals surface area (Å²) in [5, 5.41) is 11.0. The molecular formula is C13H11ClN2O4S. The van der Waals surface area contributed by atoms with Crippen LogP contribution in [0.5, 0.6) is 0 Å². The molecule has 0 spiro atoms. The van der Waals surface area contributed by atoms with Crippen molar-refractivity contribution in [1.82, 2.24) is 0 Å². The molecule has 0 aliphatic rings. The highest BCUT2D eigenvalue weighted by Gasteiger charge is 2.19. The molecule has 2 rings (SSSR count). The van der Waals surface area contributed by atoms with Crippen molar-refractivity contribution < 1.29 is 13.3 Å². The Bertz CT molecular complexity index is 806. The SMILES string of the molecule is Nc1cc(Cl)ccc1S(=O)(=O)Cc1cccc([N+](=O)[O-])c1. The normalized spacial score (nSPS) is 11.3. The number of sulfone groups is 1. The number of nitro benzene ring substituents is 1. The molecule has 6 nitrogen and oxygen atoms in total. The fourth-order valence-electron chi connectivity index (χ4n) is 1.86. The number of hydrogen-bond donors (Lipinski definition) is 1. The van der Waals surface area contributed by atoms with Gasteiger partial charge in [0.1, 0.15) is 0 Å². The van der Waals surface area contributed by atoms with Gasteiger partial charge in [-0.05, 0) is 23.8 Å². The molecule has 0 unspecified atom stereocenters. The van der Waals surface area contributed by atoms with E-state index in [-0.39, 0.29) is 22.0 Å². The van der Waals surface area contributed by atoms with Crippen LogP contribution in [0.4, 0.5) is 11.4 Å². The second kappa shape index (κ2) is 5.71. The predicted octanol–water partition coefficient (Wildman–Crippen LogP) is 2.80. The number of hydrogen-bond acceptors (Lipinski definition) is 5. The third-order valence-corrected chi connectivity index (χ3v) is 4.78. The fourth-order valence-corrected chi connectivity index (χ4v) is 3.51. The molecule has 21 heavy (non-hydrogen) atoms. The van der Waals surface area contributed by atoms with Crippen LogP contribution >= 0.6 is 11.6 Å². The quantitative estimate of drug-likeness (QED) is 0.528. The van der Waals surface area contributed by atoms with Crippen molar-refractivity contribution in [3.05, 3.63) is 63.2 Å². The lowest BCUT2D eigenvalue weighted by Gasteiger charge is -2.08. The van der Waals surface area contributed by atoms with Gasteiger partial charge in [-0.15, -0.1) is 0 Å². The van der Waals surface area contributed by atoms with Crippen LogP contribution in [-0.2, 0) is 15.6 Å². The van der Waals surface area contributed by atoms with Crippen LogP contribution in [0.2, 0.25) is 5.02 Å². The molecule has 0 radical (unpaired) electrons. The van der Waals surface area contributed by atoms with E-state index in [0.717, 1.165) is 0 Å². The fraction of sp³-hybridized carbons (Fsp3) is 0.0769. The number of nitrogens with zero attached hydrogens (tertiary/aromatic N) is 1. The van der Waals surface area contributed by atoms with Crippen LogP contribution in [0.3, 0.4) is 0 Å². The summed E-state index contributed by atoms with van der Waals surface area (Å²) in [7, 11) is -3.71. The topological polar surface area (TPSA) is 103 Å². The van der Waals surface area contributed by atoms with E-state index >= 15 is 0 Å². The maximum atomic E-state index is 12.3. The van der Waals surface area contributed by atoms with Crippen molar-refractivity contribution in [3.8, 4) is 0 Å². The average Bonchev–Trinajstić information content (AvgIpc) is 2.37. The van der Waals surface area contributed by atoms with Crippen LogP contribution < -0.4 is 5.73 Å². The Morgan fingerprint density at radius 2 is 1.90 bits per heavy atom. The highest BCUT2D eigenvalue weighted by atomic mass is 35.5. The summed E-state index contributed by atoms with van der Waals surface area (Å²) in [6.45, 7) is 0. The van der Waals surface area contributed by atoms with E-state index in [1.54, 1.807) is 0 Å². The Kier molecular flexibility index (Phi) is 4.15. The first-order valence-corrected chi connectivity index (χ1v) is 7.84. The number of rotatable bonds is 4. The summed E-state index contributed by atoms with van der Waals surface area (Å²) in [6, 6.07) is 9.58. The molecule has 110 valence electrons. The molecule has 2 aromatic carbocycles. The lowest BCUT2D eigenvalue weighted by atomic mass is 10.2. The smallest absolute Gasteiger partial charge is 0.269 e. The Morgan fingerprint density at radius 3 is 2.52 bits per heavy atom. The molecule has 0 aliphatic carbocycles. The monoisotopic (exact) mass is 326 g/mol. The number of nitrogen functional groups attached to an aromatic ring is 1. The number of benzene rings is 2. The van der Waals surface area contributed by atoms with E-state index in [2.05, 4.69) is 0 Å². The van der Waals surface area contributed by atoms with Crippen LogP contribution in [0.1, 0.15) is 5.56 Å². The zero-order chi connectivity index (χ0) is 15.6. The van der Waals surface area contributed by atoms with Gasteiger partial charge in [0.25, 0.3) is 5.69 Å². The summed E-state index contributed by atoms with van der Waals surface area (Å²) < 4.78 is 24.6. The highest BCUT2D eigenvalue weighted by molar-refractivity contribution is 7.90. The van der Waals surface area contributed by atoms with E-state index < -0.39 is 14.8 Å². The molecule has 0 amide bonds. The molecule has 8 heteroatoms. The highest BCUT2D eigenvalue weighted by Crippen LogP contribution is 2.26. The Hall–Kier alpha value is -2.12. The van der Waals surface area contributed by atoms with Gasteiger partial charge in [-0.3, -0.25) is 10.1 Å². The van der Waals surface area contributed by atoms with Crippen LogP contribution in [0.25, 0.3) is 0 Å². The second-order valence-electron chi connectivity index (χ2n) is 4.37. The molecule has 0 bridgehead atoms.